The van der Waals surface area contributed by atoms with Gasteiger partial charge in [0.2, 0.25) is 5.91 Å². The number of fused-ring (bicyclic) bond motifs is 3. The Kier molecular flexibility index (Phi) is 6.10. The summed E-state index contributed by atoms with van der Waals surface area (Å²) in [5, 5.41) is 4.67. The normalized spacial score (nSPS) is 13.9. The zero-order chi connectivity index (χ0) is 22.1. The van der Waals surface area contributed by atoms with Crippen molar-refractivity contribution in [2.45, 2.75) is 53.4 Å². The van der Waals surface area contributed by atoms with E-state index in [1.165, 1.54) is 18.4 Å². The summed E-state index contributed by atoms with van der Waals surface area (Å²) in [4.78, 5) is 12.8. The Labute approximate surface area is 188 Å². The molecule has 1 aliphatic carbocycles. The molecule has 31 heavy (non-hydrogen) atoms. The predicted molar refractivity (Wildman–Crippen MR) is 127 cm³/mol. The van der Waals surface area contributed by atoms with Crippen LogP contribution in [0.25, 0.3) is 16.5 Å². The number of halogens is 1. The Bertz CT molecular complexity index is 1190. The van der Waals surface area contributed by atoms with E-state index in [4.69, 9.17) is 20.8 Å². The summed E-state index contributed by atoms with van der Waals surface area (Å²) in [6.07, 6.45) is 5.99. The second-order valence-electron chi connectivity index (χ2n) is 8.17. The largest absolute Gasteiger partial charge is 0.493 e. The van der Waals surface area contributed by atoms with Crippen molar-refractivity contribution in [1.82, 2.24) is 0 Å². The number of hydrogen-bond acceptors (Lipinski definition) is 3. The number of amides is 1. The standard InChI is InChI=1S/C26H28ClNO3/c1-5-30-25-17(4)26-21(19-8-6-7-9-23(19)31-26)14-20(25)16(3)12-24(29)28-22-13-18(27)11-10-15(22)2/h10-14H,5-9H2,1-4H3,(H,28,29)/b16-12+. The molecule has 5 heteroatoms. The third-order valence-electron chi connectivity index (χ3n) is 5.95. The number of furan rings is 1. The monoisotopic (exact) mass is 437 g/mol. The van der Waals surface area contributed by atoms with Crippen molar-refractivity contribution in [2.75, 3.05) is 11.9 Å². The SMILES string of the molecule is CCOc1c(/C(C)=C/C(=O)Nc2cc(Cl)ccc2C)cc2c3c(oc2c1C)CCCC3. The molecule has 1 heterocycles. The Hall–Kier alpha value is -2.72. The molecular weight excluding hydrogens is 410 g/mol. The van der Waals surface area contributed by atoms with E-state index >= 15 is 0 Å². The van der Waals surface area contributed by atoms with Crippen LogP contribution < -0.4 is 10.1 Å². The average molecular weight is 438 g/mol. The zero-order valence-corrected chi connectivity index (χ0v) is 19.3. The number of carbonyl (C=O) groups excluding carboxylic acids is 1. The molecule has 0 spiro atoms. The molecule has 0 atom stereocenters. The van der Waals surface area contributed by atoms with Crippen LogP contribution in [-0.2, 0) is 17.6 Å². The second kappa shape index (κ2) is 8.80. The lowest BCUT2D eigenvalue weighted by molar-refractivity contribution is -0.111. The average Bonchev–Trinajstić information content (AvgIpc) is 3.11. The van der Waals surface area contributed by atoms with Gasteiger partial charge in [-0.2, -0.15) is 0 Å². The van der Waals surface area contributed by atoms with Gasteiger partial charge in [0.25, 0.3) is 0 Å². The van der Waals surface area contributed by atoms with Crippen LogP contribution in [0.4, 0.5) is 5.69 Å². The summed E-state index contributed by atoms with van der Waals surface area (Å²) in [5.74, 6) is 1.68. The molecular formula is C26H28ClNO3. The van der Waals surface area contributed by atoms with Gasteiger partial charge in [-0.05, 0) is 76.3 Å². The minimum Gasteiger partial charge on any atom is -0.493 e. The molecule has 0 bridgehead atoms. The molecule has 0 aliphatic heterocycles. The first-order valence-electron chi connectivity index (χ1n) is 10.9. The van der Waals surface area contributed by atoms with Crippen LogP contribution >= 0.6 is 11.6 Å². The molecule has 0 saturated carbocycles. The second-order valence-corrected chi connectivity index (χ2v) is 8.61. The summed E-state index contributed by atoms with van der Waals surface area (Å²) in [6.45, 7) is 8.43. The lowest BCUT2D eigenvalue weighted by Crippen LogP contribution is -2.10. The fourth-order valence-corrected chi connectivity index (χ4v) is 4.50. The number of anilines is 1. The molecule has 0 fully saturated rings. The maximum atomic E-state index is 12.8. The van der Waals surface area contributed by atoms with E-state index in [0.29, 0.717) is 17.3 Å². The van der Waals surface area contributed by atoms with Crippen LogP contribution in [0.3, 0.4) is 0 Å². The number of benzene rings is 2. The zero-order valence-electron chi connectivity index (χ0n) is 18.5. The van der Waals surface area contributed by atoms with Gasteiger partial charge in [0.1, 0.15) is 17.1 Å². The van der Waals surface area contributed by atoms with Gasteiger partial charge in [0.05, 0.1) is 6.61 Å². The van der Waals surface area contributed by atoms with Crippen molar-refractivity contribution in [3.05, 3.63) is 63.4 Å². The molecule has 1 amide bonds. The van der Waals surface area contributed by atoms with Gasteiger partial charge in [-0.3, -0.25) is 4.79 Å². The topological polar surface area (TPSA) is 51.5 Å². The predicted octanol–water partition coefficient (Wildman–Crippen LogP) is 7.02. The molecule has 0 unspecified atom stereocenters. The van der Waals surface area contributed by atoms with Crippen LogP contribution in [0, 0.1) is 13.8 Å². The van der Waals surface area contributed by atoms with Gasteiger partial charge < -0.3 is 14.5 Å². The fraction of sp³-hybridized carbons (Fsp3) is 0.346. The van der Waals surface area contributed by atoms with Gasteiger partial charge in [0.15, 0.2) is 0 Å². The minimum atomic E-state index is -0.197. The van der Waals surface area contributed by atoms with Gasteiger partial charge in [-0.25, -0.2) is 0 Å². The molecule has 1 N–H and O–H groups in total. The van der Waals surface area contributed by atoms with Crippen molar-refractivity contribution in [3.63, 3.8) is 0 Å². The first-order valence-corrected chi connectivity index (χ1v) is 11.2. The first kappa shape index (κ1) is 21.5. The van der Waals surface area contributed by atoms with Gasteiger partial charge in [-0.15, -0.1) is 0 Å². The third-order valence-corrected chi connectivity index (χ3v) is 6.18. The quantitative estimate of drug-likeness (QED) is 0.436. The maximum absolute atomic E-state index is 12.8. The molecule has 3 aromatic rings. The lowest BCUT2D eigenvalue weighted by atomic mass is 9.93. The Morgan fingerprint density at radius 1 is 1.23 bits per heavy atom. The summed E-state index contributed by atoms with van der Waals surface area (Å²) in [7, 11) is 0. The van der Waals surface area contributed by atoms with Crippen molar-refractivity contribution in [1.29, 1.82) is 0 Å². The number of aryl methyl sites for hydroxylation is 4. The van der Waals surface area contributed by atoms with Crippen molar-refractivity contribution >= 4 is 39.7 Å². The van der Waals surface area contributed by atoms with Gasteiger partial charge in [-0.1, -0.05) is 17.7 Å². The van der Waals surface area contributed by atoms with Crippen molar-refractivity contribution < 1.29 is 13.9 Å². The lowest BCUT2D eigenvalue weighted by Gasteiger charge is -2.15. The summed E-state index contributed by atoms with van der Waals surface area (Å²) in [6, 6.07) is 7.59. The third kappa shape index (κ3) is 4.22. The summed E-state index contributed by atoms with van der Waals surface area (Å²) < 4.78 is 12.2. The first-order chi connectivity index (χ1) is 14.9. The van der Waals surface area contributed by atoms with Crippen molar-refractivity contribution in [3.8, 4) is 5.75 Å². The number of nitrogens with one attached hydrogen (secondary N) is 1. The van der Waals surface area contributed by atoms with Crippen molar-refractivity contribution in [2.24, 2.45) is 0 Å². The van der Waals surface area contributed by atoms with E-state index in [2.05, 4.69) is 11.4 Å². The highest BCUT2D eigenvalue weighted by atomic mass is 35.5. The molecule has 1 aromatic heterocycles. The number of hydrogen-bond donors (Lipinski definition) is 1. The highest BCUT2D eigenvalue weighted by molar-refractivity contribution is 6.31. The van der Waals surface area contributed by atoms with Gasteiger partial charge in [0, 0.05) is 45.3 Å². The highest BCUT2D eigenvalue weighted by Gasteiger charge is 2.23. The molecule has 2 aromatic carbocycles. The minimum absolute atomic E-state index is 0.197. The fourth-order valence-electron chi connectivity index (χ4n) is 4.33. The van der Waals surface area contributed by atoms with E-state index in [1.54, 1.807) is 12.1 Å². The molecule has 162 valence electrons. The highest BCUT2D eigenvalue weighted by Crippen LogP contribution is 2.41. The number of ether oxygens (including phenoxy) is 1. The van der Waals surface area contributed by atoms with Crippen LogP contribution in [-0.4, -0.2) is 12.5 Å². The van der Waals surface area contributed by atoms with Gasteiger partial charge >= 0.3 is 0 Å². The maximum Gasteiger partial charge on any atom is 0.248 e. The molecule has 1 aliphatic rings. The Balaban J connectivity index is 1.75. The van der Waals surface area contributed by atoms with Crippen LogP contribution in [0.15, 0.2) is 34.8 Å². The van der Waals surface area contributed by atoms with Crippen LogP contribution in [0.5, 0.6) is 5.75 Å². The Morgan fingerprint density at radius 3 is 2.77 bits per heavy atom. The van der Waals surface area contributed by atoms with E-state index in [0.717, 1.165) is 57.6 Å². The van der Waals surface area contributed by atoms with Crippen LogP contribution in [0.1, 0.15) is 54.7 Å². The molecule has 0 radical (unpaired) electrons. The number of carbonyl (C=O) groups is 1. The molecule has 0 saturated heterocycles. The van der Waals surface area contributed by atoms with E-state index in [9.17, 15) is 4.79 Å². The van der Waals surface area contributed by atoms with E-state index in [1.807, 2.05) is 39.8 Å². The van der Waals surface area contributed by atoms with Crippen LogP contribution in [0.2, 0.25) is 5.02 Å². The number of rotatable bonds is 5. The Morgan fingerprint density at radius 2 is 2.00 bits per heavy atom. The smallest absolute Gasteiger partial charge is 0.248 e. The summed E-state index contributed by atoms with van der Waals surface area (Å²) >= 11 is 6.09. The van der Waals surface area contributed by atoms with E-state index in [-0.39, 0.29) is 5.91 Å². The number of allylic oxidation sites excluding steroid dienone is 1. The molecule has 4 nitrogen and oxygen atoms in total. The summed E-state index contributed by atoms with van der Waals surface area (Å²) in [5.41, 5.74) is 6.65. The van der Waals surface area contributed by atoms with E-state index < -0.39 is 0 Å². The molecule has 4 rings (SSSR count).